The van der Waals surface area contributed by atoms with Crippen LogP contribution in [-0.2, 0) is 13.0 Å². The summed E-state index contributed by atoms with van der Waals surface area (Å²) >= 11 is 0. The molecule has 0 aliphatic rings. The first kappa shape index (κ1) is 15.4. The Morgan fingerprint density at radius 3 is 2.00 bits per heavy atom. The molecule has 0 aliphatic heterocycles. The van der Waals surface area contributed by atoms with Gasteiger partial charge >= 0.3 is 0 Å². The molecule has 2 rings (SSSR count). The number of benzene rings is 2. The maximum absolute atomic E-state index is 5.95. The summed E-state index contributed by atoms with van der Waals surface area (Å²) in [6.07, 6.45) is 2.32. The fourth-order valence-electron chi connectivity index (χ4n) is 2.40. The van der Waals surface area contributed by atoms with E-state index in [0.717, 1.165) is 29.0 Å². The largest absolute Gasteiger partial charge is 0.496 e. The van der Waals surface area contributed by atoms with Crippen LogP contribution in [0, 0.1) is 13.8 Å². The first-order valence-corrected chi connectivity index (χ1v) is 7.50. The van der Waals surface area contributed by atoms with Crippen LogP contribution in [0.3, 0.4) is 0 Å². The molecule has 2 aromatic rings. The van der Waals surface area contributed by atoms with Gasteiger partial charge in [0, 0.05) is 0 Å². The number of rotatable bonds is 6. The summed E-state index contributed by atoms with van der Waals surface area (Å²) in [6.45, 7) is 6.92. The Balaban J connectivity index is 2.04. The predicted molar refractivity (Wildman–Crippen MR) is 87.2 cm³/mol. The molecule has 0 heterocycles. The molecule has 0 unspecified atom stereocenters. The van der Waals surface area contributed by atoms with E-state index in [1.165, 1.54) is 17.5 Å². The van der Waals surface area contributed by atoms with E-state index < -0.39 is 0 Å². The Kier molecular flexibility index (Phi) is 5.26. The lowest BCUT2D eigenvalue weighted by Gasteiger charge is -2.14. The number of hydrogen-bond donors (Lipinski definition) is 0. The first-order chi connectivity index (χ1) is 10.2. The highest BCUT2D eigenvalue weighted by Crippen LogP contribution is 2.29. The highest BCUT2D eigenvalue weighted by atomic mass is 16.5. The minimum atomic E-state index is 0.596. The molecule has 0 bridgehead atoms. The van der Waals surface area contributed by atoms with Gasteiger partial charge < -0.3 is 9.47 Å². The van der Waals surface area contributed by atoms with Gasteiger partial charge in [-0.05, 0) is 54.7 Å². The Morgan fingerprint density at radius 1 is 0.810 bits per heavy atom. The second kappa shape index (κ2) is 7.16. The highest BCUT2D eigenvalue weighted by molar-refractivity contribution is 5.47. The van der Waals surface area contributed by atoms with Crippen molar-refractivity contribution in [3.8, 4) is 11.5 Å². The lowest BCUT2D eigenvalue weighted by atomic mass is 10.1. The molecule has 0 aliphatic carbocycles. The third-order valence-corrected chi connectivity index (χ3v) is 3.86. The molecule has 0 saturated heterocycles. The molecule has 2 aromatic carbocycles. The molecule has 2 nitrogen and oxygen atoms in total. The van der Waals surface area contributed by atoms with Crippen molar-refractivity contribution in [3.63, 3.8) is 0 Å². The van der Waals surface area contributed by atoms with Crippen LogP contribution in [-0.4, -0.2) is 7.11 Å². The third-order valence-electron chi connectivity index (χ3n) is 3.86. The summed E-state index contributed by atoms with van der Waals surface area (Å²) < 4.78 is 11.3. The van der Waals surface area contributed by atoms with Gasteiger partial charge in [0.25, 0.3) is 0 Å². The fourth-order valence-corrected chi connectivity index (χ4v) is 2.40. The monoisotopic (exact) mass is 284 g/mol. The summed E-state index contributed by atoms with van der Waals surface area (Å²) in [5.41, 5.74) is 4.85. The van der Waals surface area contributed by atoms with Crippen molar-refractivity contribution < 1.29 is 9.47 Å². The van der Waals surface area contributed by atoms with E-state index in [-0.39, 0.29) is 0 Å². The summed E-state index contributed by atoms with van der Waals surface area (Å²) in [6, 6.07) is 12.6. The molecular formula is C19H24O2. The van der Waals surface area contributed by atoms with Gasteiger partial charge in [-0.15, -0.1) is 0 Å². The van der Waals surface area contributed by atoms with Crippen LogP contribution in [0.5, 0.6) is 11.5 Å². The van der Waals surface area contributed by atoms with Crippen LogP contribution in [0.1, 0.15) is 35.6 Å². The van der Waals surface area contributed by atoms with E-state index in [0.29, 0.717) is 6.61 Å². The third kappa shape index (κ3) is 3.78. The van der Waals surface area contributed by atoms with Crippen molar-refractivity contribution >= 4 is 0 Å². The van der Waals surface area contributed by atoms with Crippen molar-refractivity contribution in [2.75, 3.05) is 7.11 Å². The van der Waals surface area contributed by atoms with Gasteiger partial charge in [0.05, 0.1) is 7.11 Å². The van der Waals surface area contributed by atoms with E-state index >= 15 is 0 Å². The standard InChI is InChI=1S/C19H24O2/c1-5-6-16-7-9-17(10-8-16)13-21-19-12-11-18(20-4)14(2)15(19)3/h7-12H,5-6,13H2,1-4H3. The Labute approximate surface area is 127 Å². The number of ether oxygens (including phenoxy) is 2. The summed E-state index contributed by atoms with van der Waals surface area (Å²) in [7, 11) is 1.69. The van der Waals surface area contributed by atoms with Crippen LogP contribution in [0.2, 0.25) is 0 Å². The Morgan fingerprint density at radius 2 is 1.38 bits per heavy atom. The Hall–Kier alpha value is -1.96. The minimum Gasteiger partial charge on any atom is -0.496 e. The van der Waals surface area contributed by atoms with Gasteiger partial charge in [-0.2, -0.15) is 0 Å². The van der Waals surface area contributed by atoms with Gasteiger partial charge in [-0.3, -0.25) is 0 Å². The molecule has 0 fully saturated rings. The zero-order valence-corrected chi connectivity index (χ0v) is 13.4. The molecule has 0 atom stereocenters. The summed E-state index contributed by atoms with van der Waals surface area (Å²) in [4.78, 5) is 0. The molecule has 21 heavy (non-hydrogen) atoms. The number of methoxy groups -OCH3 is 1. The summed E-state index contributed by atoms with van der Waals surface area (Å²) in [5.74, 6) is 1.83. The number of aryl methyl sites for hydroxylation is 1. The highest BCUT2D eigenvalue weighted by Gasteiger charge is 2.07. The molecule has 0 amide bonds. The second-order valence-corrected chi connectivity index (χ2v) is 5.37. The second-order valence-electron chi connectivity index (χ2n) is 5.37. The van der Waals surface area contributed by atoms with E-state index in [1.54, 1.807) is 7.11 Å². The molecule has 0 saturated carbocycles. The maximum atomic E-state index is 5.95. The van der Waals surface area contributed by atoms with Crippen molar-refractivity contribution in [1.82, 2.24) is 0 Å². The van der Waals surface area contributed by atoms with Gasteiger partial charge in [0.1, 0.15) is 18.1 Å². The molecule has 0 aromatic heterocycles. The summed E-state index contributed by atoms with van der Waals surface area (Å²) in [5, 5.41) is 0. The maximum Gasteiger partial charge on any atom is 0.123 e. The topological polar surface area (TPSA) is 18.5 Å². The molecule has 0 radical (unpaired) electrons. The molecular weight excluding hydrogens is 260 g/mol. The van der Waals surface area contributed by atoms with Gasteiger partial charge in [-0.25, -0.2) is 0 Å². The van der Waals surface area contributed by atoms with Crippen molar-refractivity contribution in [3.05, 3.63) is 58.7 Å². The zero-order valence-electron chi connectivity index (χ0n) is 13.4. The van der Waals surface area contributed by atoms with Crippen LogP contribution < -0.4 is 9.47 Å². The lowest BCUT2D eigenvalue weighted by Crippen LogP contribution is -1.99. The quantitative estimate of drug-likeness (QED) is 0.755. The molecule has 2 heteroatoms. The van der Waals surface area contributed by atoms with E-state index in [4.69, 9.17) is 9.47 Å². The zero-order chi connectivity index (χ0) is 15.2. The molecule has 0 N–H and O–H groups in total. The van der Waals surface area contributed by atoms with Crippen molar-refractivity contribution in [2.24, 2.45) is 0 Å². The minimum absolute atomic E-state index is 0.596. The van der Waals surface area contributed by atoms with Gasteiger partial charge in [0.2, 0.25) is 0 Å². The SMILES string of the molecule is CCCc1ccc(COc2ccc(OC)c(C)c2C)cc1. The van der Waals surface area contributed by atoms with E-state index in [9.17, 15) is 0 Å². The lowest BCUT2D eigenvalue weighted by molar-refractivity contribution is 0.303. The normalized spacial score (nSPS) is 10.5. The number of hydrogen-bond acceptors (Lipinski definition) is 2. The molecule has 112 valence electrons. The van der Waals surface area contributed by atoms with Crippen LogP contribution in [0.25, 0.3) is 0 Å². The Bertz CT molecular complexity index is 585. The van der Waals surface area contributed by atoms with E-state index in [1.807, 2.05) is 12.1 Å². The fraction of sp³-hybridized carbons (Fsp3) is 0.368. The average Bonchev–Trinajstić information content (AvgIpc) is 2.50. The van der Waals surface area contributed by atoms with Crippen molar-refractivity contribution in [1.29, 1.82) is 0 Å². The predicted octanol–water partition coefficient (Wildman–Crippen LogP) is 4.84. The average molecular weight is 284 g/mol. The van der Waals surface area contributed by atoms with Gasteiger partial charge in [-0.1, -0.05) is 37.6 Å². The van der Waals surface area contributed by atoms with Crippen LogP contribution >= 0.6 is 0 Å². The molecule has 0 spiro atoms. The van der Waals surface area contributed by atoms with Crippen LogP contribution in [0.4, 0.5) is 0 Å². The van der Waals surface area contributed by atoms with Crippen molar-refractivity contribution in [2.45, 2.75) is 40.2 Å². The smallest absolute Gasteiger partial charge is 0.123 e. The van der Waals surface area contributed by atoms with Gasteiger partial charge in [0.15, 0.2) is 0 Å². The van der Waals surface area contributed by atoms with Crippen LogP contribution in [0.15, 0.2) is 36.4 Å². The van der Waals surface area contributed by atoms with E-state index in [2.05, 4.69) is 45.0 Å². The first-order valence-electron chi connectivity index (χ1n) is 7.50.